The Balaban J connectivity index is 1.34. The summed E-state index contributed by atoms with van der Waals surface area (Å²) in [5.74, 6) is -1.36. The van der Waals surface area contributed by atoms with Crippen molar-refractivity contribution in [2.45, 2.75) is 52.0 Å². The number of nitrogens with zero attached hydrogens (tertiary/aromatic N) is 2. The molecule has 0 unspecified atom stereocenters. The Bertz CT molecular complexity index is 2020. The summed E-state index contributed by atoms with van der Waals surface area (Å²) < 4.78 is 23.7. The van der Waals surface area contributed by atoms with E-state index in [2.05, 4.69) is 5.32 Å². The highest BCUT2D eigenvalue weighted by molar-refractivity contribution is 6.00. The van der Waals surface area contributed by atoms with Crippen molar-refractivity contribution in [3.63, 3.8) is 0 Å². The van der Waals surface area contributed by atoms with Crippen LogP contribution in [0, 0.1) is 0 Å². The van der Waals surface area contributed by atoms with Gasteiger partial charge in [0, 0.05) is 29.1 Å². The highest BCUT2D eigenvalue weighted by atomic mass is 16.6. The van der Waals surface area contributed by atoms with E-state index in [0.717, 1.165) is 27.6 Å². The van der Waals surface area contributed by atoms with Gasteiger partial charge < -0.3 is 23.5 Å². The van der Waals surface area contributed by atoms with Crippen LogP contribution in [-0.4, -0.2) is 40.8 Å². The van der Waals surface area contributed by atoms with Gasteiger partial charge in [0.1, 0.15) is 13.2 Å². The highest BCUT2D eigenvalue weighted by Crippen LogP contribution is 2.44. The molecule has 2 aromatic heterocycles. The van der Waals surface area contributed by atoms with Crippen molar-refractivity contribution in [1.82, 2.24) is 9.55 Å². The smallest absolute Gasteiger partial charge is 0.411 e. The number of aromatic nitrogens is 2. The largest absolute Gasteiger partial charge is 0.457 e. The van der Waals surface area contributed by atoms with Crippen molar-refractivity contribution in [2.75, 3.05) is 18.5 Å². The van der Waals surface area contributed by atoms with Crippen LogP contribution in [0.3, 0.4) is 0 Å². The molecule has 0 saturated carbocycles. The first-order valence-electron chi connectivity index (χ1n) is 15.1. The fourth-order valence-corrected chi connectivity index (χ4v) is 6.56. The maximum Gasteiger partial charge on any atom is 0.411 e. The number of ether oxygens (including phenoxy) is 4. The minimum atomic E-state index is -1.73. The zero-order chi connectivity index (χ0) is 32.0. The molecule has 3 aliphatic heterocycles. The molecule has 3 aliphatic rings. The zero-order valence-corrected chi connectivity index (χ0v) is 25.4. The molecule has 0 aliphatic carbocycles. The third-order valence-electron chi connectivity index (χ3n) is 8.72. The average molecular weight is 622 g/mol. The predicted octanol–water partition coefficient (Wildman–Crippen LogP) is 5.20. The highest BCUT2D eigenvalue weighted by Gasteiger charge is 2.50. The van der Waals surface area contributed by atoms with Gasteiger partial charge in [-0.1, -0.05) is 43.3 Å². The van der Waals surface area contributed by atoms with E-state index in [1.807, 2.05) is 48.5 Å². The van der Waals surface area contributed by atoms with Crippen LogP contribution in [0.2, 0.25) is 0 Å². The van der Waals surface area contributed by atoms with E-state index in [-0.39, 0.29) is 37.3 Å². The molecular weight excluding hydrogens is 590 g/mol. The van der Waals surface area contributed by atoms with Crippen LogP contribution in [0.5, 0.6) is 0 Å². The van der Waals surface area contributed by atoms with Gasteiger partial charge in [-0.2, -0.15) is 0 Å². The zero-order valence-electron chi connectivity index (χ0n) is 25.4. The van der Waals surface area contributed by atoms with Crippen molar-refractivity contribution in [1.29, 1.82) is 0 Å². The number of hydrogen-bond acceptors (Lipinski definition) is 9. The molecule has 11 heteroatoms. The summed E-state index contributed by atoms with van der Waals surface area (Å²) >= 11 is 0. The van der Waals surface area contributed by atoms with E-state index in [1.54, 1.807) is 23.6 Å². The monoisotopic (exact) mass is 621 g/mol. The molecule has 46 heavy (non-hydrogen) atoms. The van der Waals surface area contributed by atoms with Crippen LogP contribution in [0.15, 0.2) is 65.5 Å². The summed E-state index contributed by atoms with van der Waals surface area (Å²) in [5, 5.41) is 3.63. The lowest BCUT2D eigenvalue weighted by molar-refractivity contribution is -0.188. The number of benzene rings is 2. The molecule has 0 fully saturated rings. The van der Waals surface area contributed by atoms with Crippen molar-refractivity contribution >= 4 is 40.2 Å². The lowest BCUT2D eigenvalue weighted by Gasteiger charge is -2.35. The summed E-state index contributed by atoms with van der Waals surface area (Å²) in [7, 11) is 0. The molecule has 234 valence electrons. The molecule has 0 saturated heterocycles. The lowest BCUT2D eigenvalue weighted by Crippen LogP contribution is -2.47. The standard InChI is InChI=1S/C35H31N3O8/c1-3-35(46-20(2)39)27-16-29-31-25(17-38(29)32(40)26(27)19-44-33(35)41)30(22-11-13-43-14-12-22)24-15-23(9-10-28(24)37-31)36-34(42)45-18-21-7-5-4-6-8-21/h4-11,15-16H,3,12-14,17-19H2,1-2H3,(H,36,42)/t35-/m0/s1. The van der Waals surface area contributed by atoms with Gasteiger partial charge in [-0.25, -0.2) is 14.6 Å². The average Bonchev–Trinajstić information content (AvgIpc) is 3.43. The molecule has 1 N–H and O–H groups in total. The number of fused-ring (bicyclic) bond motifs is 5. The number of carbonyl (C=O) groups is 3. The number of anilines is 1. The van der Waals surface area contributed by atoms with Gasteiger partial charge in [-0.05, 0) is 53.8 Å². The van der Waals surface area contributed by atoms with Crippen molar-refractivity contribution < 1.29 is 33.3 Å². The molecule has 4 aromatic rings. The number of pyridine rings is 2. The van der Waals surface area contributed by atoms with E-state index in [4.69, 9.17) is 23.9 Å². The molecule has 0 radical (unpaired) electrons. The van der Waals surface area contributed by atoms with Gasteiger partial charge in [0.15, 0.2) is 0 Å². The Morgan fingerprint density at radius 3 is 2.65 bits per heavy atom. The summed E-state index contributed by atoms with van der Waals surface area (Å²) in [5.41, 5.74) is 4.54. The number of hydrogen-bond donors (Lipinski definition) is 1. The Morgan fingerprint density at radius 2 is 1.91 bits per heavy atom. The SMILES string of the molecule is CC[C@@]1(OC(C)=O)C(=O)OCc2c1cc1n(c2=O)Cc2c-1nc1ccc(NC(=O)OCc3ccccc3)cc1c2C1=CCOCC1. The first-order chi connectivity index (χ1) is 22.3. The number of nitrogens with one attached hydrogen (secondary N) is 1. The predicted molar refractivity (Wildman–Crippen MR) is 168 cm³/mol. The van der Waals surface area contributed by atoms with Gasteiger partial charge >= 0.3 is 18.0 Å². The molecule has 5 heterocycles. The van der Waals surface area contributed by atoms with Crippen molar-refractivity contribution in [3.8, 4) is 11.4 Å². The maximum atomic E-state index is 14.0. The van der Waals surface area contributed by atoms with Gasteiger partial charge in [-0.15, -0.1) is 0 Å². The Hall–Kier alpha value is -5.29. The normalized spacial score (nSPS) is 18.1. The van der Waals surface area contributed by atoms with Crippen LogP contribution in [-0.2, 0) is 53.9 Å². The summed E-state index contributed by atoms with van der Waals surface area (Å²) in [4.78, 5) is 56.9. The number of amides is 1. The molecular formula is C35H31N3O8. The first-order valence-corrected chi connectivity index (χ1v) is 15.1. The maximum absolute atomic E-state index is 14.0. The molecule has 0 bridgehead atoms. The third kappa shape index (κ3) is 4.93. The van der Waals surface area contributed by atoms with Crippen LogP contribution < -0.4 is 10.9 Å². The fourth-order valence-electron chi connectivity index (χ4n) is 6.56. The van der Waals surface area contributed by atoms with Gasteiger partial charge in [0.25, 0.3) is 5.56 Å². The molecule has 1 amide bonds. The van der Waals surface area contributed by atoms with Crippen molar-refractivity contribution in [3.05, 3.63) is 98.8 Å². The van der Waals surface area contributed by atoms with Crippen molar-refractivity contribution in [2.24, 2.45) is 0 Å². The summed E-state index contributed by atoms with van der Waals surface area (Å²) in [6, 6.07) is 16.6. The molecule has 7 rings (SSSR count). The minimum Gasteiger partial charge on any atom is -0.457 e. The minimum absolute atomic E-state index is 0.0982. The van der Waals surface area contributed by atoms with Gasteiger partial charge in [0.05, 0.1) is 42.2 Å². The van der Waals surface area contributed by atoms with Gasteiger partial charge in [0.2, 0.25) is 5.60 Å². The Kier molecular flexibility index (Phi) is 7.40. The number of rotatable bonds is 6. The number of carbonyl (C=O) groups excluding carboxylic acids is 3. The van der Waals surface area contributed by atoms with E-state index in [9.17, 15) is 19.2 Å². The van der Waals surface area contributed by atoms with E-state index >= 15 is 0 Å². The topological polar surface area (TPSA) is 135 Å². The second-order valence-electron chi connectivity index (χ2n) is 11.5. The van der Waals surface area contributed by atoms with E-state index in [1.165, 1.54) is 6.92 Å². The van der Waals surface area contributed by atoms with Crippen LogP contribution >= 0.6 is 0 Å². The van der Waals surface area contributed by atoms with Crippen LogP contribution in [0.1, 0.15) is 54.5 Å². The second kappa shape index (κ2) is 11.6. The molecule has 11 nitrogen and oxygen atoms in total. The van der Waals surface area contributed by atoms with E-state index < -0.39 is 23.6 Å². The first kappa shape index (κ1) is 29.4. The summed E-state index contributed by atoms with van der Waals surface area (Å²) in [6.45, 7) is 4.08. The summed E-state index contributed by atoms with van der Waals surface area (Å²) in [6.07, 6.45) is 2.19. The number of esters is 2. The third-order valence-corrected chi connectivity index (χ3v) is 8.72. The van der Waals surface area contributed by atoms with Gasteiger partial charge in [-0.3, -0.25) is 14.9 Å². The molecule has 0 spiro atoms. The quantitative estimate of drug-likeness (QED) is 0.200. The lowest BCUT2D eigenvalue weighted by atomic mass is 9.85. The van der Waals surface area contributed by atoms with Crippen LogP contribution in [0.25, 0.3) is 27.9 Å². The Morgan fingerprint density at radius 1 is 1.09 bits per heavy atom. The fraction of sp³-hybridized carbons (Fsp3) is 0.286. The number of cyclic esters (lactones) is 1. The molecule has 1 atom stereocenters. The van der Waals surface area contributed by atoms with Crippen LogP contribution in [0.4, 0.5) is 10.5 Å². The van der Waals surface area contributed by atoms with E-state index in [0.29, 0.717) is 47.8 Å². The Labute approximate surface area is 263 Å². The molecule has 2 aromatic carbocycles. The second-order valence-corrected chi connectivity index (χ2v) is 11.5.